The fourth-order valence-corrected chi connectivity index (χ4v) is 4.91. The third kappa shape index (κ3) is 3.78. The van der Waals surface area contributed by atoms with Gasteiger partial charge in [0.2, 0.25) is 0 Å². The first-order valence-corrected chi connectivity index (χ1v) is 9.47. The molecule has 116 valence electrons. The SMILES string of the molecule is CC(C)C1CCC(CNC2CC2)C(C2CCCCC2)C1. The summed E-state index contributed by atoms with van der Waals surface area (Å²) in [5.41, 5.74) is 0. The lowest BCUT2D eigenvalue weighted by Crippen LogP contribution is -2.39. The molecule has 3 unspecified atom stereocenters. The minimum atomic E-state index is 0.893. The summed E-state index contributed by atoms with van der Waals surface area (Å²) in [7, 11) is 0. The third-order valence-electron chi connectivity index (χ3n) is 6.53. The van der Waals surface area contributed by atoms with E-state index in [2.05, 4.69) is 19.2 Å². The summed E-state index contributed by atoms with van der Waals surface area (Å²) in [6.07, 6.45) is 15.0. The van der Waals surface area contributed by atoms with Crippen LogP contribution in [-0.2, 0) is 0 Å². The zero-order valence-corrected chi connectivity index (χ0v) is 13.7. The van der Waals surface area contributed by atoms with E-state index in [4.69, 9.17) is 0 Å². The Bertz CT molecular complexity index is 288. The van der Waals surface area contributed by atoms with Crippen molar-refractivity contribution in [3.8, 4) is 0 Å². The number of hydrogen-bond donors (Lipinski definition) is 1. The number of nitrogens with one attached hydrogen (secondary N) is 1. The molecule has 0 amide bonds. The Hall–Kier alpha value is -0.0400. The second-order valence-electron chi connectivity index (χ2n) is 8.32. The molecule has 0 heterocycles. The average Bonchev–Trinajstić information content (AvgIpc) is 3.30. The van der Waals surface area contributed by atoms with Crippen LogP contribution in [0.4, 0.5) is 0 Å². The van der Waals surface area contributed by atoms with Gasteiger partial charge in [-0.3, -0.25) is 0 Å². The Morgan fingerprint density at radius 1 is 0.900 bits per heavy atom. The molecule has 20 heavy (non-hydrogen) atoms. The lowest BCUT2D eigenvalue weighted by atomic mass is 9.63. The molecule has 3 aliphatic rings. The van der Waals surface area contributed by atoms with Gasteiger partial charge in [0.05, 0.1) is 0 Å². The predicted octanol–water partition coefficient (Wildman–Crippen LogP) is 5.01. The van der Waals surface area contributed by atoms with Crippen LogP contribution >= 0.6 is 0 Å². The molecule has 1 nitrogen and oxygen atoms in total. The standard InChI is InChI=1S/C19H35N/c1-14(2)16-8-9-17(13-20-18-10-11-18)19(12-16)15-6-4-3-5-7-15/h14-20H,3-13H2,1-2H3. The zero-order valence-electron chi connectivity index (χ0n) is 13.7. The fraction of sp³-hybridized carbons (Fsp3) is 1.00. The summed E-state index contributed by atoms with van der Waals surface area (Å²) in [5.74, 6) is 5.02. The summed E-state index contributed by atoms with van der Waals surface area (Å²) < 4.78 is 0. The van der Waals surface area contributed by atoms with E-state index >= 15 is 0 Å². The van der Waals surface area contributed by atoms with E-state index in [1.165, 1.54) is 64.3 Å². The highest BCUT2D eigenvalue weighted by Crippen LogP contribution is 2.45. The minimum absolute atomic E-state index is 0.893. The van der Waals surface area contributed by atoms with E-state index in [0.717, 1.165) is 35.6 Å². The van der Waals surface area contributed by atoms with Crippen molar-refractivity contribution in [2.75, 3.05) is 6.54 Å². The van der Waals surface area contributed by atoms with Crippen molar-refractivity contribution in [3.63, 3.8) is 0 Å². The molecule has 3 aliphatic carbocycles. The van der Waals surface area contributed by atoms with Crippen molar-refractivity contribution in [1.82, 2.24) is 5.32 Å². The van der Waals surface area contributed by atoms with Crippen molar-refractivity contribution >= 4 is 0 Å². The van der Waals surface area contributed by atoms with Gasteiger partial charge in [-0.2, -0.15) is 0 Å². The summed E-state index contributed by atoms with van der Waals surface area (Å²) in [4.78, 5) is 0. The van der Waals surface area contributed by atoms with Crippen molar-refractivity contribution in [2.45, 2.75) is 84.1 Å². The molecule has 1 N–H and O–H groups in total. The second kappa shape index (κ2) is 6.81. The van der Waals surface area contributed by atoms with Crippen LogP contribution in [0, 0.1) is 29.6 Å². The van der Waals surface area contributed by atoms with Gasteiger partial charge in [-0.15, -0.1) is 0 Å². The van der Waals surface area contributed by atoms with E-state index in [9.17, 15) is 0 Å². The fourth-order valence-electron chi connectivity index (χ4n) is 4.91. The zero-order chi connectivity index (χ0) is 13.9. The van der Waals surface area contributed by atoms with E-state index < -0.39 is 0 Å². The van der Waals surface area contributed by atoms with E-state index in [0.29, 0.717) is 0 Å². The highest BCUT2D eigenvalue weighted by molar-refractivity contribution is 4.90. The Balaban J connectivity index is 1.60. The minimum Gasteiger partial charge on any atom is -0.314 e. The molecule has 0 aromatic carbocycles. The predicted molar refractivity (Wildman–Crippen MR) is 86.8 cm³/mol. The molecule has 3 saturated carbocycles. The molecule has 0 bridgehead atoms. The van der Waals surface area contributed by atoms with Crippen LogP contribution < -0.4 is 5.32 Å². The van der Waals surface area contributed by atoms with Crippen molar-refractivity contribution in [2.24, 2.45) is 29.6 Å². The number of hydrogen-bond acceptors (Lipinski definition) is 1. The Morgan fingerprint density at radius 3 is 2.30 bits per heavy atom. The second-order valence-corrected chi connectivity index (χ2v) is 8.32. The van der Waals surface area contributed by atoms with Crippen LogP contribution in [0.3, 0.4) is 0 Å². The number of rotatable bonds is 5. The molecule has 3 rings (SSSR count). The maximum absolute atomic E-state index is 3.84. The first kappa shape index (κ1) is 14.9. The van der Waals surface area contributed by atoms with Gasteiger partial charge in [0.25, 0.3) is 0 Å². The van der Waals surface area contributed by atoms with Crippen LogP contribution in [-0.4, -0.2) is 12.6 Å². The smallest absolute Gasteiger partial charge is 0.00683 e. The van der Waals surface area contributed by atoms with Gasteiger partial charge >= 0.3 is 0 Å². The maximum Gasteiger partial charge on any atom is 0.00683 e. The van der Waals surface area contributed by atoms with Crippen molar-refractivity contribution in [1.29, 1.82) is 0 Å². The normalized spacial score (nSPS) is 36.5. The van der Waals surface area contributed by atoms with Crippen LogP contribution in [0.15, 0.2) is 0 Å². The molecule has 3 atom stereocenters. The lowest BCUT2D eigenvalue weighted by Gasteiger charge is -2.43. The maximum atomic E-state index is 3.84. The molecule has 0 radical (unpaired) electrons. The quantitative estimate of drug-likeness (QED) is 0.745. The van der Waals surface area contributed by atoms with Gasteiger partial charge < -0.3 is 5.32 Å². The van der Waals surface area contributed by atoms with Crippen LogP contribution in [0.2, 0.25) is 0 Å². The van der Waals surface area contributed by atoms with Crippen LogP contribution in [0.1, 0.15) is 78.1 Å². The molecule has 3 fully saturated rings. The molecule has 0 aromatic heterocycles. The highest BCUT2D eigenvalue weighted by Gasteiger charge is 2.37. The van der Waals surface area contributed by atoms with E-state index in [1.54, 1.807) is 6.42 Å². The van der Waals surface area contributed by atoms with Gasteiger partial charge in [0, 0.05) is 6.04 Å². The molecular formula is C19H35N. The molecule has 0 aromatic rings. The van der Waals surface area contributed by atoms with Crippen molar-refractivity contribution in [3.05, 3.63) is 0 Å². The summed E-state index contributed by atoms with van der Waals surface area (Å²) in [6.45, 7) is 6.23. The van der Waals surface area contributed by atoms with Gasteiger partial charge in [0.1, 0.15) is 0 Å². The van der Waals surface area contributed by atoms with Crippen LogP contribution in [0.25, 0.3) is 0 Å². The van der Waals surface area contributed by atoms with Crippen LogP contribution in [0.5, 0.6) is 0 Å². The molecule has 0 saturated heterocycles. The summed E-state index contributed by atoms with van der Waals surface area (Å²) in [6, 6.07) is 0.893. The first-order chi connectivity index (χ1) is 9.74. The molecule has 1 heteroatoms. The van der Waals surface area contributed by atoms with Gasteiger partial charge in [-0.25, -0.2) is 0 Å². The molecule has 0 aliphatic heterocycles. The summed E-state index contributed by atoms with van der Waals surface area (Å²) >= 11 is 0. The van der Waals surface area contributed by atoms with E-state index in [1.807, 2.05) is 0 Å². The Morgan fingerprint density at radius 2 is 1.65 bits per heavy atom. The highest BCUT2D eigenvalue weighted by atomic mass is 14.9. The topological polar surface area (TPSA) is 12.0 Å². The first-order valence-electron chi connectivity index (χ1n) is 9.47. The largest absolute Gasteiger partial charge is 0.314 e. The van der Waals surface area contributed by atoms with Gasteiger partial charge in [0.15, 0.2) is 0 Å². The Labute approximate surface area is 126 Å². The van der Waals surface area contributed by atoms with Gasteiger partial charge in [-0.05, 0) is 68.2 Å². The average molecular weight is 277 g/mol. The van der Waals surface area contributed by atoms with E-state index in [-0.39, 0.29) is 0 Å². The Kier molecular flexibility index (Phi) is 5.07. The molecular weight excluding hydrogens is 242 g/mol. The summed E-state index contributed by atoms with van der Waals surface area (Å²) in [5, 5.41) is 3.84. The third-order valence-corrected chi connectivity index (χ3v) is 6.53. The monoisotopic (exact) mass is 277 g/mol. The van der Waals surface area contributed by atoms with Gasteiger partial charge in [-0.1, -0.05) is 46.0 Å². The lowest BCUT2D eigenvalue weighted by molar-refractivity contribution is 0.0785. The molecule has 0 spiro atoms. The van der Waals surface area contributed by atoms with Crippen molar-refractivity contribution < 1.29 is 0 Å².